The molecule has 8 nitrogen and oxygen atoms in total. The van der Waals surface area contributed by atoms with E-state index in [1.165, 1.54) is 16.3 Å². The average molecular weight is 649 g/mol. The molecule has 2 amide bonds. The molecule has 0 aliphatic carbocycles. The molecule has 1 N–H and O–H groups in total. The van der Waals surface area contributed by atoms with Crippen LogP contribution in [0.3, 0.4) is 0 Å². The van der Waals surface area contributed by atoms with E-state index in [0.717, 1.165) is 11.8 Å². The molecule has 0 fully saturated rings. The molecule has 11 heteroatoms. The molecule has 43 heavy (non-hydrogen) atoms. The number of nitrogens with one attached hydrogen (secondary N) is 1. The molecule has 0 aliphatic heterocycles. The van der Waals surface area contributed by atoms with Crippen LogP contribution in [0.1, 0.15) is 44.7 Å². The van der Waals surface area contributed by atoms with E-state index in [2.05, 4.69) is 5.32 Å². The third kappa shape index (κ3) is 9.88. The molecular formula is C32H39Cl2N3O5S. The van der Waals surface area contributed by atoms with E-state index in [1.54, 1.807) is 42.5 Å². The summed E-state index contributed by atoms with van der Waals surface area (Å²) < 4.78 is 32.1. The summed E-state index contributed by atoms with van der Waals surface area (Å²) >= 11 is 13.0. The van der Waals surface area contributed by atoms with E-state index < -0.39 is 21.6 Å². The first-order chi connectivity index (χ1) is 20.2. The Morgan fingerprint density at radius 1 is 0.930 bits per heavy atom. The lowest BCUT2D eigenvalue weighted by Crippen LogP contribution is -2.54. The maximum absolute atomic E-state index is 14.0. The molecule has 3 aromatic rings. The van der Waals surface area contributed by atoms with Crippen molar-refractivity contribution in [3.05, 3.63) is 94.0 Å². The summed E-state index contributed by atoms with van der Waals surface area (Å²) in [5.41, 5.74) is 1.23. The number of ether oxygens (including phenoxy) is 1. The Hall–Kier alpha value is -3.27. The molecule has 0 bridgehead atoms. The van der Waals surface area contributed by atoms with Gasteiger partial charge in [-0.2, -0.15) is 0 Å². The minimum absolute atomic E-state index is 0.00526. The summed E-state index contributed by atoms with van der Waals surface area (Å²) in [6.07, 6.45) is 1.53. The van der Waals surface area contributed by atoms with Crippen LogP contribution in [0.5, 0.6) is 5.75 Å². The Kier molecular flexibility index (Phi) is 11.9. The number of carbonyl (C=O) groups is 2. The van der Waals surface area contributed by atoms with Crippen molar-refractivity contribution in [2.75, 3.05) is 24.2 Å². The monoisotopic (exact) mass is 647 g/mol. The van der Waals surface area contributed by atoms with Crippen molar-refractivity contribution in [1.29, 1.82) is 0 Å². The number of para-hydroxylation sites is 2. The number of benzene rings is 3. The topological polar surface area (TPSA) is 96.0 Å². The zero-order valence-electron chi connectivity index (χ0n) is 25.1. The summed E-state index contributed by atoms with van der Waals surface area (Å²) in [5.74, 6) is -0.259. The Balaban J connectivity index is 1.96. The Labute approximate surface area is 265 Å². The third-order valence-electron chi connectivity index (χ3n) is 6.67. The standard InChI is InChI=1S/C32H39Cl2N3O5S/c1-32(2,3)35-31(39)28(21-23-13-7-6-8-14-23)36(22-24-25(33)15-11-16-26(24)34)30(38)19-12-20-37(43(5,40)41)27-17-9-10-18-29(27)42-4/h6-11,13-18,28H,12,19-22H2,1-5H3,(H,35,39). The van der Waals surface area contributed by atoms with Crippen LogP contribution >= 0.6 is 23.2 Å². The highest BCUT2D eigenvalue weighted by molar-refractivity contribution is 7.92. The molecule has 0 heterocycles. The molecule has 3 aromatic carbocycles. The van der Waals surface area contributed by atoms with Gasteiger partial charge in [-0.1, -0.05) is 71.7 Å². The number of nitrogens with zero attached hydrogens (tertiary/aromatic N) is 2. The van der Waals surface area contributed by atoms with Crippen molar-refractivity contribution < 1.29 is 22.7 Å². The lowest BCUT2D eigenvalue weighted by molar-refractivity contribution is -0.142. The van der Waals surface area contributed by atoms with Crippen LogP contribution in [-0.4, -0.2) is 56.6 Å². The van der Waals surface area contributed by atoms with Gasteiger partial charge in [0.1, 0.15) is 11.8 Å². The second-order valence-corrected chi connectivity index (χ2v) is 14.0. The van der Waals surface area contributed by atoms with Gasteiger partial charge in [0.15, 0.2) is 0 Å². The fraction of sp³-hybridized carbons (Fsp3) is 0.375. The number of sulfonamides is 1. The molecule has 0 spiro atoms. The Bertz CT molecular complexity index is 1490. The van der Waals surface area contributed by atoms with Crippen LogP contribution < -0.4 is 14.4 Å². The van der Waals surface area contributed by atoms with Gasteiger partial charge < -0.3 is 15.0 Å². The van der Waals surface area contributed by atoms with Gasteiger partial charge in [-0.05, 0) is 57.0 Å². The van der Waals surface area contributed by atoms with Gasteiger partial charge in [-0.3, -0.25) is 13.9 Å². The van der Waals surface area contributed by atoms with Crippen molar-refractivity contribution in [2.24, 2.45) is 0 Å². The smallest absolute Gasteiger partial charge is 0.243 e. The number of rotatable bonds is 13. The zero-order chi connectivity index (χ0) is 31.8. The van der Waals surface area contributed by atoms with E-state index >= 15 is 0 Å². The molecule has 232 valence electrons. The predicted molar refractivity (Wildman–Crippen MR) is 173 cm³/mol. The van der Waals surface area contributed by atoms with Crippen molar-refractivity contribution in [3.8, 4) is 5.75 Å². The van der Waals surface area contributed by atoms with E-state index in [4.69, 9.17) is 27.9 Å². The lowest BCUT2D eigenvalue weighted by atomic mass is 10.00. The van der Waals surface area contributed by atoms with Crippen molar-refractivity contribution in [2.45, 2.75) is 58.2 Å². The van der Waals surface area contributed by atoms with Crippen LogP contribution in [0.4, 0.5) is 5.69 Å². The van der Waals surface area contributed by atoms with Crippen LogP contribution in [0.15, 0.2) is 72.8 Å². The number of methoxy groups -OCH3 is 1. The first-order valence-electron chi connectivity index (χ1n) is 13.9. The molecular weight excluding hydrogens is 609 g/mol. The van der Waals surface area contributed by atoms with E-state index in [9.17, 15) is 18.0 Å². The molecule has 0 saturated heterocycles. The number of hydrogen-bond donors (Lipinski definition) is 1. The highest BCUT2D eigenvalue weighted by Gasteiger charge is 2.33. The summed E-state index contributed by atoms with van der Waals surface area (Å²) in [7, 11) is -2.22. The number of halogens is 2. The zero-order valence-corrected chi connectivity index (χ0v) is 27.5. The molecule has 0 aromatic heterocycles. The first kappa shape index (κ1) is 34.2. The number of anilines is 1. The van der Waals surface area contributed by atoms with Gasteiger partial charge in [0.2, 0.25) is 21.8 Å². The minimum Gasteiger partial charge on any atom is -0.495 e. The highest BCUT2D eigenvalue weighted by Crippen LogP contribution is 2.31. The lowest BCUT2D eigenvalue weighted by Gasteiger charge is -2.34. The largest absolute Gasteiger partial charge is 0.495 e. The number of hydrogen-bond acceptors (Lipinski definition) is 5. The van der Waals surface area contributed by atoms with Crippen LogP contribution in [0.2, 0.25) is 10.0 Å². The van der Waals surface area contributed by atoms with E-state index in [0.29, 0.717) is 27.0 Å². The van der Waals surface area contributed by atoms with Gasteiger partial charge in [0.25, 0.3) is 0 Å². The summed E-state index contributed by atoms with van der Waals surface area (Å²) in [5, 5.41) is 3.77. The van der Waals surface area contributed by atoms with Gasteiger partial charge in [0, 0.05) is 47.1 Å². The van der Waals surface area contributed by atoms with Crippen molar-refractivity contribution in [3.63, 3.8) is 0 Å². The highest BCUT2D eigenvalue weighted by atomic mass is 35.5. The third-order valence-corrected chi connectivity index (χ3v) is 8.55. The second-order valence-electron chi connectivity index (χ2n) is 11.3. The number of carbonyl (C=O) groups excluding carboxylic acids is 2. The SMILES string of the molecule is COc1ccccc1N(CCCC(=O)N(Cc1c(Cl)cccc1Cl)C(Cc1ccccc1)C(=O)NC(C)(C)C)S(C)(=O)=O. The first-order valence-corrected chi connectivity index (χ1v) is 16.5. The Morgan fingerprint density at radius 3 is 2.12 bits per heavy atom. The molecule has 1 unspecified atom stereocenters. The normalized spacial score (nSPS) is 12.3. The molecule has 0 radical (unpaired) electrons. The van der Waals surface area contributed by atoms with Crippen LogP contribution in [0, 0.1) is 0 Å². The summed E-state index contributed by atoms with van der Waals surface area (Å²) in [6, 6.07) is 20.4. The second kappa shape index (κ2) is 14.9. The molecule has 0 aliphatic rings. The molecule has 3 rings (SSSR count). The van der Waals surface area contributed by atoms with Gasteiger partial charge in [0.05, 0.1) is 19.1 Å². The number of amides is 2. The quantitative estimate of drug-likeness (QED) is 0.242. The fourth-order valence-corrected chi connectivity index (χ4v) is 6.16. The van der Waals surface area contributed by atoms with Gasteiger partial charge >= 0.3 is 0 Å². The maximum Gasteiger partial charge on any atom is 0.243 e. The van der Waals surface area contributed by atoms with Crippen molar-refractivity contribution in [1.82, 2.24) is 10.2 Å². The summed E-state index contributed by atoms with van der Waals surface area (Å²) in [4.78, 5) is 29.3. The van der Waals surface area contributed by atoms with Crippen molar-refractivity contribution >= 4 is 50.7 Å². The minimum atomic E-state index is -3.69. The summed E-state index contributed by atoms with van der Waals surface area (Å²) in [6.45, 7) is 5.65. The maximum atomic E-state index is 14.0. The Morgan fingerprint density at radius 2 is 1.53 bits per heavy atom. The van der Waals surface area contributed by atoms with E-state index in [1.807, 2.05) is 51.1 Å². The van der Waals surface area contributed by atoms with E-state index in [-0.39, 0.29) is 44.2 Å². The molecule has 1 atom stereocenters. The van der Waals surface area contributed by atoms with Crippen LogP contribution in [-0.2, 0) is 32.6 Å². The van der Waals surface area contributed by atoms with Crippen LogP contribution in [0.25, 0.3) is 0 Å². The fourth-order valence-electron chi connectivity index (χ4n) is 4.68. The molecule has 0 saturated carbocycles. The average Bonchev–Trinajstić information content (AvgIpc) is 2.93. The predicted octanol–water partition coefficient (Wildman–Crippen LogP) is 6.10. The van der Waals surface area contributed by atoms with Gasteiger partial charge in [-0.15, -0.1) is 0 Å². The van der Waals surface area contributed by atoms with Gasteiger partial charge in [-0.25, -0.2) is 8.42 Å².